The van der Waals surface area contributed by atoms with Crippen LogP contribution in [-0.2, 0) is 7.05 Å². The van der Waals surface area contributed by atoms with Crippen LogP contribution in [0.5, 0.6) is 0 Å². The zero-order valence-corrected chi connectivity index (χ0v) is 17.5. The largest absolute Gasteiger partial charge is 0.379 e. The average Bonchev–Trinajstić information content (AvgIpc) is 2.62. The summed E-state index contributed by atoms with van der Waals surface area (Å²) in [6.07, 6.45) is 2.76. The van der Waals surface area contributed by atoms with Gasteiger partial charge in [-0.3, -0.25) is 4.79 Å². The molecule has 0 unspecified atom stereocenters. The van der Waals surface area contributed by atoms with Crippen LogP contribution in [0.4, 0.5) is 5.69 Å². The Kier molecular flexibility index (Phi) is 5.82. The van der Waals surface area contributed by atoms with Crippen molar-refractivity contribution >= 4 is 21.6 Å². The standard InChI is InChI=1S/C20H27BrN4O/c1-13(2)16-7-5-6-8-17(16)14-9-15(12-24(3)11-14)23-18-10-22-25(4)20(26)19(18)21/h5-8,10,13-15,23H,9,11-12H2,1-4H3/t14-,15+/m0/s1. The lowest BCUT2D eigenvalue weighted by Gasteiger charge is -2.37. The zero-order valence-electron chi connectivity index (χ0n) is 15.9. The van der Waals surface area contributed by atoms with E-state index >= 15 is 0 Å². The van der Waals surface area contributed by atoms with E-state index in [0.717, 1.165) is 25.2 Å². The molecule has 3 rings (SSSR count). The van der Waals surface area contributed by atoms with Gasteiger partial charge in [-0.25, -0.2) is 4.68 Å². The first kappa shape index (κ1) is 19.1. The fourth-order valence-electron chi connectivity index (χ4n) is 3.89. The van der Waals surface area contributed by atoms with Gasteiger partial charge in [-0.15, -0.1) is 0 Å². The molecule has 0 amide bonds. The minimum absolute atomic E-state index is 0.124. The molecule has 1 aliphatic rings. The maximum absolute atomic E-state index is 12.1. The highest BCUT2D eigenvalue weighted by Gasteiger charge is 2.28. The van der Waals surface area contributed by atoms with E-state index in [4.69, 9.17) is 0 Å². The molecule has 1 aliphatic heterocycles. The molecule has 6 heteroatoms. The van der Waals surface area contributed by atoms with Crippen molar-refractivity contribution in [2.45, 2.75) is 38.1 Å². The van der Waals surface area contributed by atoms with E-state index in [2.05, 4.69) is 76.4 Å². The number of anilines is 1. The van der Waals surface area contributed by atoms with Crippen molar-refractivity contribution in [3.63, 3.8) is 0 Å². The van der Waals surface area contributed by atoms with Crippen LogP contribution in [0.15, 0.2) is 39.7 Å². The molecular formula is C20H27BrN4O. The summed E-state index contributed by atoms with van der Waals surface area (Å²) in [4.78, 5) is 14.5. The molecule has 140 valence electrons. The highest BCUT2D eigenvalue weighted by molar-refractivity contribution is 9.10. The van der Waals surface area contributed by atoms with Crippen molar-refractivity contribution in [3.05, 3.63) is 56.4 Å². The second-order valence-corrected chi connectivity index (χ2v) is 8.37. The number of likely N-dealkylation sites (tertiary alicyclic amines) is 1. The van der Waals surface area contributed by atoms with E-state index in [-0.39, 0.29) is 11.6 Å². The third-order valence-electron chi connectivity index (χ3n) is 5.13. The van der Waals surface area contributed by atoms with Crippen molar-refractivity contribution in [2.75, 3.05) is 25.5 Å². The Bertz CT molecular complexity index is 833. The first-order valence-corrected chi connectivity index (χ1v) is 9.91. The Morgan fingerprint density at radius 1 is 1.23 bits per heavy atom. The van der Waals surface area contributed by atoms with Gasteiger partial charge in [0.15, 0.2) is 0 Å². The minimum Gasteiger partial charge on any atom is -0.379 e. The topological polar surface area (TPSA) is 50.2 Å². The first-order chi connectivity index (χ1) is 12.4. The Morgan fingerprint density at radius 3 is 2.69 bits per heavy atom. The summed E-state index contributed by atoms with van der Waals surface area (Å²) >= 11 is 3.41. The molecule has 2 heterocycles. The van der Waals surface area contributed by atoms with Crippen LogP contribution in [0, 0.1) is 0 Å². The Morgan fingerprint density at radius 2 is 1.96 bits per heavy atom. The number of piperidine rings is 1. The number of likely N-dealkylation sites (N-methyl/N-ethyl adjacent to an activating group) is 1. The molecule has 0 spiro atoms. The summed E-state index contributed by atoms with van der Waals surface area (Å²) in [7, 11) is 3.82. The number of aromatic nitrogens is 2. The van der Waals surface area contributed by atoms with E-state index in [0.29, 0.717) is 16.3 Å². The van der Waals surface area contributed by atoms with Crippen LogP contribution in [0.25, 0.3) is 0 Å². The molecule has 2 atom stereocenters. The maximum atomic E-state index is 12.1. The van der Waals surface area contributed by atoms with Crippen molar-refractivity contribution in [1.82, 2.24) is 14.7 Å². The van der Waals surface area contributed by atoms with Gasteiger partial charge in [0.1, 0.15) is 4.47 Å². The van der Waals surface area contributed by atoms with Crippen LogP contribution in [-0.4, -0.2) is 40.9 Å². The molecule has 0 aliphatic carbocycles. The van der Waals surface area contributed by atoms with E-state index in [1.165, 1.54) is 15.8 Å². The Hall–Kier alpha value is -1.66. The second-order valence-electron chi connectivity index (χ2n) is 7.58. The fraction of sp³-hybridized carbons (Fsp3) is 0.500. The maximum Gasteiger partial charge on any atom is 0.282 e. The summed E-state index contributed by atoms with van der Waals surface area (Å²) in [5.74, 6) is 0.989. The molecule has 2 aromatic rings. The van der Waals surface area contributed by atoms with E-state index in [1.54, 1.807) is 13.2 Å². The lowest BCUT2D eigenvalue weighted by atomic mass is 9.83. The number of halogens is 1. The number of nitrogens with zero attached hydrogens (tertiary/aromatic N) is 3. The van der Waals surface area contributed by atoms with Gasteiger partial charge in [-0.2, -0.15) is 5.10 Å². The number of rotatable bonds is 4. The van der Waals surface area contributed by atoms with E-state index < -0.39 is 0 Å². The monoisotopic (exact) mass is 418 g/mol. The van der Waals surface area contributed by atoms with Gasteiger partial charge in [0, 0.05) is 26.2 Å². The van der Waals surface area contributed by atoms with Crippen LogP contribution in [0.3, 0.4) is 0 Å². The van der Waals surface area contributed by atoms with Crippen LogP contribution >= 0.6 is 15.9 Å². The van der Waals surface area contributed by atoms with E-state index in [1.807, 2.05) is 0 Å². The summed E-state index contributed by atoms with van der Waals surface area (Å²) in [6.45, 7) is 6.51. The van der Waals surface area contributed by atoms with Crippen molar-refractivity contribution in [2.24, 2.45) is 7.05 Å². The van der Waals surface area contributed by atoms with Crippen LogP contribution in [0.1, 0.15) is 43.2 Å². The van der Waals surface area contributed by atoms with Gasteiger partial charge in [-0.1, -0.05) is 38.1 Å². The highest BCUT2D eigenvalue weighted by Crippen LogP contribution is 2.33. The van der Waals surface area contributed by atoms with Gasteiger partial charge >= 0.3 is 0 Å². The number of hydrogen-bond donors (Lipinski definition) is 1. The highest BCUT2D eigenvalue weighted by atomic mass is 79.9. The average molecular weight is 419 g/mol. The molecule has 26 heavy (non-hydrogen) atoms. The summed E-state index contributed by atoms with van der Waals surface area (Å²) in [5.41, 5.74) is 3.52. The number of nitrogens with one attached hydrogen (secondary N) is 1. The van der Waals surface area contributed by atoms with Crippen LogP contribution < -0.4 is 10.9 Å². The molecular weight excluding hydrogens is 392 g/mol. The summed E-state index contributed by atoms with van der Waals surface area (Å²) in [5, 5.41) is 7.67. The lowest BCUT2D eigenvalue weighted by molar-refractivity contribution is 0.235. The van der Waals surface area contributed by atoms with Crippen molar-refractivity contribution < 1.29 is 0 Å². The Balaban J connectivity index is 1.83. The second kappa shape index (κ2) is 7.92. The lowest BCUT2D eigenvalue weighted by Crippen LogP contribution is -2.44. The number of hydrogen-bond acceptors (Lipinski definition) is 4. The molecule has 1 aromatic carbocycles. The SMILES string of the molecule is CC(C)c1ccccc1[C@H]1C[C@@H](Nc2cnn(C)c(=O)c2Br)CN(C)C1. The fourth-order valence-corrected chi connectivity index (χ4v) is 4.36. The summed E-state index contributed by atoms with van der Waals surface area (Å²) in [6, 6.07) is 9.05. The molecule has 1 N–H and O–H groups in total. The zero-order chi connectivity index (χ0) is 18.8. The predicted molar refractivity (Wildman–Crippen MR) is 110 cm³/mol. The van der Waals surface area contributed by atoms with Crippen LogP contribution in [0.2, 0.25) is 0 Å². The molecule has 0 bridgehead atoms. The van der Waals surface area contributed by atoms with Crippen molar-refractivity contribution in [1.29, 1.82) is 0 Å². The predicted octanol–water partition coefficient (Wildman–Crippen LogP) is 3.57. The van der Waals surface area contributed by atoms with Gasteiger partial charge in [0.05, 0.1) is 11.9 Å². The number of benzene rings is 1. The smallest absolute Gasteiger partial charge is 0.282 e. The molecule has 0 radical (unpaired) electrons. The van der Waals surface area contributed by atoms with Gasteiger partial charge in [0.2, 0.25) is 0 Å². The molecule has 5 nitrogen and oxygen atoms in total. The third kappa shape index (κ3) is 4.01. The van der Waals surface area contributed by atoms with Gasteiger partial charge < -0.3 is 10.2 Å². The first-order valence-electron chi connectivity index (χ1n) is 9.12. The Labute approximate surface area is 163 Å². The van der Waals surface area contributed by atoms with Gasteiger partial charge in [0.25, 0.3) is 5.56 Å². The molecule has 1 saturated heterocycles. The van der Waals surface area contributed by atoms with Crippen molar-refractivity contribution in [3.8, 4) is 0 Å². The van der Waals surface area contributed by atoms with E-state index in [9.17, 15) is 4.79 Å². The minimum atomic E-state index is -0.124. The van der Waals surface area contributed by atoms with Gasteiger partial charge in [-0.05, 0) is 52.4 Å². The quantitative estimate of drug-likeness (QED) is 0.824. The normalized spacial score (nSPS) is 21.2. The summed E-state index contributed by atoms with van der Waals surface area (Å²) < 4.78 is 1.88. The molecule has 1 fully saturated rings. The number of aryl methyl sites for hydroxylation is 1. The third-order valence-corrected chi connectivity index (χ3v) is 5.90. The molecule has 0 saturated carbocycles. The molecule has 1 aromatic heterocycles.